The molecule has 11 nitrogen and oxygen atoms in total. The molecule has 2 bridgehead atoms. The number of carbonyl (C=O) groups excluding carboxylic acids is 4. The molecule has 11 rings (SSSR count). The predicted molar refractivity (Wildman–Crippen MR) is 280 cm³/mol. The minimum absolute atomic E-state index is 0.00942. The molecule has 378 valence electrons. The molecule has 3 unspecified atom stereocenters. The lowest BCUT2D eigenvalue weighted by molar-refractivity contribution is -0.117. The van der Waals surface area contributed by atoms with Crippen molar-refractivity contribution in [1.82, 2.24) is 30.2 Å². The van der Waals surface area contributed by atoms with Crippen molar-refractivity contribution in [2.24, 2.45) is 0 Å². The molecule has 5 heterocycles. The van der Waals surface area contributed by atoms with E-state index in [0.29, 0.717) is 54.7 Å². The maximum Gasteiger partial charge on any atom is 0.257 e. The fourth-order valence-electron chi connectivity index (χ4n) is 11.7. The van der Waals surface area contributed by atoms with Crippen LogP contribution in [-0.4, -0.2) is 112 Å². The number of phenolic OH excluding ortho intramolecular Hbond substituents is 1. The lowest BCUT2D eigenvalue weighted by Gasteiger charge is -2.39. The summed E-state index contributed by atoms with van der Waals surface area (Å²) in [5, 5.41) is 20.3. The van der Waals surface area contributed by atoms with Crippen LogP contribution in [0.15, 0.2) is 133 Å². The van der Waals surface area contributed by atoms with Crippen LogP contribution in [0.25, 0.3) is 21.5 Å². The molecule has 0 radical (unpaired) electrons. The molecule has 73 heavy (non-hydrogen) atoms. The molecule has 5 saturated heterocycles. The number of hydrogen-bond donors (Lipinski definition) is 3. The van der Waals surface area contributed by atoms with Gasteiger partial charge in [-0.1, -0.05) is 66.2 Å². The number of carbonyl (C=O) groups is 4. The van der Waals surface area contributed by atoms with Gasteiger partial charge in [0.25, 0.3) is 17.7 Å². The topological polar surface area (TPSA) is 126 Å². The Morgan fingerprint density at radius 2 is 1.11 bits per heavy atom. The third-order valence-electron chi connectivity index (χ3n) is 15.6. The molecule has 5 fully saturated rings. The fourth-order valence-corrected chi connectivity index (χ4v) is 11.7. The van der Waals surface area contributed by atoms with Gasteiger partial charge in [0, 0.05) is 82.6 Å². The van der Waals surface area contributed by atoms with Gasteiger partial charge in [-0.25, -0.2) is 8.78 Å². The molecule has 0 spiro atoms. The van der Waals surface area contributed by atoms with Gasteiger partial charge in [0.15, 0.2) is 0 Å². The first kappa shape index (κ1) is 49.6. The van der Waals surface area contributed by atoms with Crippen LogP contribution in [0, 0.1) is 11.6 Å². The number of para-hydroxylation sites is 1. The van der Waals surface area contributed by atoms with E-state index < -0.39 is 0 Å². The number of halogens is 2. The van der Waals surface area contributed by atoms with Crippen molar-refractivity contribution in [1.29, 1.82) is 0 Å². The van der Waals surface area contributed by atoms with Gasteiger partial charge in [0.2, 0.25) is 5.91 Å². The van der Waals surface area contributed by atoms with Crippen LogP contribution in [0.4, 0.5) is 8.78 Å². The van der Waals surface area contributed by atoms with Crippen LogP contribution in [0.3, 0.4) is 0 Å². The van der Waals surface area contributed by atoms with Crippen molar-refractivity contribution in [3.8, 4) is 5.75 Å². The summed E-state index contributed by atoms with van der Waals surface area (Å²) >= 11 is 0. The molecule has 3 N–H and O–H groups in total. The Bertz CT molecular complexity index is 3020. The summed E-state index contributed by atoms with van der Waals surface area (Å²) in [7, 11) is 0. The number of likely N-dealkylation sites (tertiary alicyclic amines) is 3. The molecule has 5 aliphatic heterocycles. The van der Waals surface area contributed by atoms with E-state index in [0.717, 1.165) is 118 Å². The highest BCUT2D eigenvalue weighted by Gasteiger charge is 2.41. The highest BCUT2D eigenvalue weighted by atomic mass is 19.1. The molecule has 5 aliphatic rings. The number of benzene rings is 6. The van der Waals surface area contributed by atoms with Crippen LogP contribution < -0.4 is 10.6 Å². The Morgan fingerprint density at radius 1 is 0.562 bits per heavy atom. The SMILES string of the molecule is O=C(C=C1CCN(C(=O)c2ccccc2O)CC1)NC1CCN(Cc2ccc3cc(F)ccc3c2)C1.O=C(NC1CC2CCC(C1)N2Cc1ccc2cc(F)ccc2c1)c1ccccc1C(=O)N1CCCCC1. The zero-order valence-electron chi connectivity index (χ0n) is 41.3. The summed E-state index contributed by atoms with van der Waals surface area (Å²) in [5.41, 5.74) is 4.76. The smallest absolute Gasteiger partial charge is 0.257 e. The van der Waals surface area contributed by atoms with Crippen LogP contribution >= 0.6 is 0 Å². The molecule has 13 heteroatoms. The average Bonchev–Trinajstić information content (AvgIpc) is 3.93. The van der Waals surface area contributed by atoms with E-state index in [1.165, 1.54) is 29.3 Å². The quantitative estimate of drug-likeness (QED) is 0.117. The Labute approximate surface area is 425 Å². The van der Waals surface area contributed by atoms with Gasteiger partial charge in [-0.2, -0.15) is 0 Å². The molecular formula is C60H64F2N6O5. The minimum atomic E-state index is -0.227. The van der Waals surface area contributed by atoms with Crippen molar-refractivity contribution < 1.29 is 33.1 Å². The van der Waals surface area contributed by atoms with E-state index in [-0.39, 0.29) is 53.1 Å². The summed E-state index contributed by atoms with van der Waals surface area (Å²) in [5.74, 6) is -0.870. The molecule has 3 atom stereocenters. The number of hydrogen-bond acceptors (Lipinski definition) is 7. The van der Waals surface area contributed by atoms with Gasteiger partial charge in [0.05, 0.1) is 16.7 Å². The molecule has 4 amide bonds. The first-order valence-electron chi connectivity index (χ1n) is 26.1. The van der Waals surface area contributed by atoms with Crippen molar-refractivity contribution in [2.45, 2.75) is 101 Å². The Kier molecular flexibility index (Phi) is 15.2. The van der Waals surface area contributed by atoms with Crippen LogP contribution in [-0.2, 0) is 17.9 Å². The van der Waals surface area contributed by atoms with E-state index in [9.17, 15) is 33.1 Å². The van der Waals surface area contributed by atoms with Gasteiger partial charge in [-0.3, -0.25) is 29.0 Å². The van der Waals surface area contributed by atoms with Gasteiger partial charge in [0.1, 0.15) is 17.4 Å². The molecule has 0 aromatic heterocycles. The van der Waals surface area contributed by atoms with Gasteiger partial charge < -0.3 is 25.5 Å². The summed E-state index contributed by atoms with van der Waals surface area (Å²) in [4.78, 5) is 60.3. The zero-order chi connectivity index (χ0) is 50.4. The number of fused-ring (bicyclic) bond motifs is 4. The predicted octanol–water partition coefficient (Wildman–Crippen LogP) is 9.77. The molecule has 6 aromatic carbocycles. The van der Waals surface area contributed by atoms with Gasteiger partial charge in [-0.05, 0) is 158 Å². The van der Waals surface area contributed by atoms with Crippen molar-refractivity contribution in [3.63, 3.8) is 0 Å². The summed E-state index contributed by atoms with van der Waals surface area (Å²) < 4.78 is 27.0. The second-order valence-electron chi connectivity index (χ2n) is 20.6. The fraction of sp³-hybridized carbons (Fsp3) is 0.367. The molecule has 6 aromatic rings. The number of rotatable bonds is 10. The monoisotopic (exact) mass is 986 g/mol. The number of phenols is 1. The first-order chi connectivity index (χ1) is 35.5. The van der Waals surface area contributed by atoms with Crippen molar-refractivity contribution in [2.75, 3.05) is 39.3 Å². The third kappa shape index (κ3) is 12.0. The highest BCUT2D eigenvalue weighted by molar-refractivity contribution is 6.07. The first-order valence-corrected chi connectivity index (χ1v) is 26.1. The normalized spacial score (nSPS) is 21.2. The van der Waals surface area contributed by atoms with Gasteiger partial charge >= 0.3 is 0 Å². The molecule has 0 aliphatic carbocycles. The number of nitrogens with one attached hydrogen (secondary N) is 2. The number of amides is 4. The summed E-state index contributed by atoms with van der Waals surface area (Å²) in [6.45, 7) is 5.96. The lowest BCUT2D eigenvalue weighted by Crippen LogP contribution is -2.50. The van der Waals surface area contributed by atoms with Crippen LogP contribution in [0.1, 0.15) is 106 Å². The van der Waals surface area contributed by atoms with Crippen molar-refractivity contribution in [3.05, 3.63) is 172 Å². The Balaban J connectivity index is 0.000000168. The Hall–Kier alpha value is -6.96. The standard InChI is InChI=1S/C31H34FN3O2.C29H30FN3O3/c32-24-11-10-22-16-21(8-9-23(22)17-24)20-35-26-12-13-27(35)19-25(18-26)33-30(36)28-6-2-3-7-29(28)31(37)34-14-4-1-5-15-34;30-24-8-7-22-15-21(5-6-23(22)17-24)18-32-12-11-25(19-32)31-28(35)16-20-9-13-33(14-10-20)29(36)26-3-1-2-4-27(26)34/h2-3,6-11,16-17,25-27H,1,4-5,12-15,18-20H2,(H,33,36);1-8,15-17,25,34H,9-14,18-19H2,(H,31,35). The third-order valence-corrected chi connectivity index (χ3v) is 15.6. The summed E-state index contributed by atoms with van der Waals surface area (Å²) in [6.07, 6.45) is 11.2. The zero-order valence-corrected chi connectivity index (χ0v) is 41.3. The maximum absolute atomic E-state index is 13.5. The van der Waals surface area contributed by atoms with E-state index in [1.807, 2.05) is 41.3 Å². The molecule has 0 saturated carbocycles. The highest BCUT2D eigenvalue weighted by Crippen LogP contribution is 2.37. The van der Waals surface area contributed by atoms with Crippen molar-refractivity contribution >= 4 is 45.2 Å². The number of piperidine rings is 3. The lowest BCUT2D eigenvalue weighted by atomic mass is 9.95. The van der Waals surface area contributed by atoms with E-state index >= 15 is 0 Å². The minimum Gasteiger partial charge on any atom is -0.507 e. The van der Waals surface area contributed by atoms with E-state index in [1.54, 1.807) is 59.5 Å². The van der Waals surface area contributed by atoms with Crippen LogP contribution in [0.2, 0.25) is 0 Å². The maximum atomic E-state index is 13.5. The van der Waals surface area contributed by atoms with Gasteiger partial charge in [-0.15, -0.1) is 0 Å². The number of nitrogens with zero attached hydrogens (tertiary/aromatic N) is 4. The van der Waals surface area contributed by atoms with E-state index in [4.69, 9.17) is 0 Å². The van der Waals surface area contributed by atoms with Crippen LogP contribution in [0.5, 0.6) is 5.75 Å². The number of aromatic hydroxyl groups is 1. The summed E-state index contributed by atoms with van der Waals surface area (Å²) in [6, 6.07) is 37.0. The molecular weight excluding hydrogens is 923 g/mol. The second-order valence-corrected chi connectivity index (χ2v) is 20.6. The Morgan fingerprint density at radius 3 is 1.75 bits per heavy atom. The largest absolute Gasteiger partial charge is 0.507 e. The average molecular weight is 987 g/mol. The van der Waals surface area contributed by atoms with E-state index in [2.05, 4.69) is 38.6 Å². The second kappa shape index (κ2) is 22.4.